The Bertz CT molecular complexity index is 665. The van der Waals surface area contributed by atoms with Gasteiger partial charge in [-0.1, -0.05) is 18.7 Å². The Morgan fingerprint density at radius 3 is 3.05 bits per heavy atom. The molecule has 0 amide bonds. The van der Waals surface area contributed by atoms with Crippen molar-refractivity contribution in [3.63, 3.8) is 0 Å². The number of carbonyl (C=O) groups is 1. The number of ketones is 1. The number of fused-ring (bicyclic) bond motifs is 3. The van der Waals surface area contributed by atoms with Crippen LogP contribution in [0.5, 0.6) is 0 Å². The van der Waals surface area contributed by atoms with Gasteiger partial charge in [-0.25, -0.2) is 9.97 Å². The fourth-order valence-corrected chi connectivity index (χ4v) is 4.95. The van der Waals surface area contributed by atoms with Crippen LogP contribution >= 0.6 is 23.1 Å². The molecule has 5 heteroatoms. The molecule has 1 aliphatic carbocycles. The Kier molecular flexibility index (Phi) is 3.82. The molecule has 2 aromatic rings. The molecule has 0 N–H and O–H groups in total. The lowest BCUT2D eigenvalue weighted by Crippen LogP contribution is -2.10. The first-order valence-electron chi connectivity index (χ1n) is 6.98. The molecule has 2 atom stereocenters. The van der Waals surface area contributed by atoms with E-state index in [0.29, 0.717) is 0 Å². The molecule has 106 valence electrons. The molecular weight excluding hydrogens is 288 g/mol. The Morgan fingerprint density at radius 2 is 2.30 bits per heavy atom. The number of thioether (sulfide) groups is 1. The summed E-state index contributed by atoms with van der Waals surface area (Å²) >= 11 is 3.37. The van der Waals surface area contributed by atoms with Gasteiger partial charge in [-0.2, -0.15) is 0 Å². The molecule has 3 nitrogen and oxygen atoms in total. The Hall–Kier alpha value is -0.940. The lowest BCUT2D eigenvalue weighted by Gasteiger charge is -2.18. The van der Waals surface area contributed by atoms with Crippen molar-refractivity contribution in [3.05, 3.63) is 16.8 Å². The summed E-state index contributed by atoms with van der Waals surface area (Å²) in [4.78, 5) is 22.9. The number of Topliss-reactive ketones (excluding diaryl/α,β-unsaturated/α-hetero) is 1. The van der Waals surface area contributed by atoms with E-state index in [0.717, 1.165) is 28.6 Å². The number of hydrogen-bond acceptors (Lipinski definition) is 5. The van der Waals surface area contributed by atoms with E-state index < -0.39 is 0 Å². The minimum absolute atomic E-state index is 0.0498. The molecule has 0 aliphatic heterocycles. The number of aromatic nitrogens is 2. The molecule has 20 heavy (non-hydrogen) atoms. The van der Waals surface area contributed by atoms with Gasteiger partial charge < -0.3 is 0 Å². The maximum atomic E-state index is 11.5. The van der Waals surface area contributed by atoms with Crippen LogP contribution in [-0.2, 0) is 17.6 Å². The van der Waals surface area contributed by atoms with Crippen molar-refractivity contribution >= 4 is 39.1 Å². The third-order valence-corrected chi connectivity index (χ3v) is 6.30. The summed E-state index contributed by atoms with van der Waals surface area (Å²) in [7, 11) is 0. The van der Waals surface area contributed by atoms with E-state index in [4.69, 9.17) is 0 Å². The summed E-state index contributed by atoms with van der Waals surface area (Å²) in [6, 6.07) is 0. The highest BCUT2D eigenvalue weighted by molar-refractivity contribution is 8.00. The van der Waals surface area contributed by atoms with Crippen LogP contribution in [0.2, 0.25) is 0 Å². The molecule has 0 spiro atoms. The highest BCUT2D eigenvalue weighted by Gasteiger charge is 2.24. The average Bonchev–Trinajstić information content (AvgIpc) is 2.76. The molecule has 0 bridgehead atoms. The largest absolute Gasteiger partial charge is 0.299 e. The lowest BCUT2D eigenvalue weighted by atomic mass is 9.89. The topological polar surface area (TPSA) is 42.9 Å². The summed E-state index contributed by atoms with van der Waals surface area (Å²) in [6.07, 6.45) is 5.14. The maximum absolute atomic E-state index is 11.5. The number of rotatable bonds is 3. The average molecular weight is 306 g/mol. The normalized spacial score (nSPS) is 19.9. The van der Waals surface area contributed by atoms with Crippen molar-refractivity contribution in [1.29, 1.82) is 0 Å². The highest BCUT2D eigenvalue weighted by Crippen LogP contribution is 2.41. The van der Waals surface area contributed by atoms with Crippen LogP contribution in [0.3, 0.4) is 0 Å². The van der Waals surface area contributed by atoms with Gasteiger partial charge in [-0.05, 0) is 44.6 Å². The third-order valence-electron chi connectivity index (χ3n) is 3.92. The zero-order chi connectivity index (χ0) is 14.3. The molecule has 0 fully saturated rings. The minimum atomic E-state index is -0.0498. The Balaban J connectivity index is 2.07. The van der Waals surface area contributed by atoms with Crippen molar-refractivity contribution in [2.24, 2.45) is 5.92 Å². The highest BCUT2D eigenvalue weighted by atomic mass is 32.2. The molecule has 0 saturated carbocycles. The summed E-state index contributed by atoms with van der Waals surface area (Å²) in [5, 5.41) is 2.13. The molecule has 2 unspecified atom stereocenters. The van der Waals surface area contributed by atoms with Crippen molar-refractivity contribution in [3.8, 4) is 0 Å². The number of hydrogen-bond donors (Lipinski definition) is 0. The van der Waals surface area contributed by atoms with E-state index in [1.165, 1.54) is 22.2 Å². The van der Waals surface area contributed by atoms with Gasteiger partial charge in [0, 0.05) is 10.3 Å². The molecular formula is C15H18N2OS2. The Labute approximate surface area is 127 Å². The smallest absolute Gasteiger partial charge is 0.142 e. The van der Waals surface area contributed by atoms with E-state index in [9.17, 15) is 4.79 Å². The number of nitrogens with zero attached hydrogens (tertiary/aromatic N) is 2. The predicted molar refractivity (Wildman–Crippen MR) is 84.6 cm³/mol. The molecule has 2 aromatic heterocycles. The number of thiophene rings is 1. The van der Waals surface area contributed by atoms with Crippen LogP contribution in [-0.4, -0.2) is 21.0 Å². The maximum Gasteiger partial charge on any atom is 0.142 e. The first-order chi connectivity index (χ1) is 9.56. The minimum Gasteiger partial charge on any atom is -0.299 e. The van der Waals surface area contributed by atoms with Crippen LogP contribution < -0.4 is 0 Å². The van der Waals surface area contributed by atoms with E-state index in [1.54, 1.807) is 36.3 Å². The van der Waals surface area contributed by atoms with E-state index in [1.807, 2.05) is 6.92 Å². The zero-order valence-electron chi connectivity index (χ0n) is 12.0. The van der Waals surface area contributed by atoms with Crippen LogP contribution in [0, 0.1) is 5.92 Å². The molecule has 3 rings (SSSR count). The van der Waals surface area contributed by atoms with Gasteiger partial charge in [0.05, 0.1) is 5.25 Å². The fraction of sp³-hybridized carbons (Fsp3) is 0.533. The number of aryl methyl sites for hydroxylation is 1. The Morgan fingerprint density at radius 1 is 1.50 bits per heavy atom. The monoisotopic (exact) mass is 306 g/mol. The van der Waals surface area contributed by atoms with E-state index >= 15 is 0 Å². The van der Waals surface area contributed by atoms with Gasteiger partial charge in [-0.3, -0.25) is 4.79 Å². The van der Waals surface area contributed by atoms with Gasteiger partial charge in [0.1, 0.15) is 22.0 Å². The van der Waals surface area contributed by atoms with E-state index in [2.05, 4.69) is 16.9 Å². The molecule has 0 aromatic carbocycles. The van der Waals surface area contributed by atoms with Gasteiger partial charge in [0.2, 0.25) is 0 Å². The first kappa shape index (κ1) is 14.0. The molecule has 0 saturated heterocycles. The molecule has 1 aliphatic rings. The molecule has 2 heterocycles. The van der Waals surface area contributed by atoms with Crippen LogP contribution in [0.4, 0.5) is 0 Å². The van der Waals surface area contributed by atoms with Crippen LogP contribution in [0.25, 0.3) is 10.2 Å². The third kappa shape index (κ3) is 2.49. The van der Waals surface area contributed by atoms with Crippen LogP contribution in [0.15, 0.2) is 11.4 Å². The van der Waals surface area contributed by atoms with Gasteiger partial charge >= 0.3 is 0 Å². The second kappa shape index (κ2) is 5.45. The summed E-state index contributed by atoms with van der Waals surface area (Å²) in [5.74, 6) is 0.954. The van der Waals surface area contributed by atoms with Crippen molar-refractivity contribution in [2.75, 3.05) is 0 Å². The van der Waals surface area contributed by atoms with Crippen molar-refractivity contribution in [2.45, 2.75) is 50.3 Å². The SMILES string of the molecule is CC(=O)C(C)Sc1ncnc2sc3c(c12)CCC(C)C3. The second-order valence-electron chi connectivity index (χ2n) is 5.58. The summed E-state index contributed by atoms with van der Waals surface area (Å²) in [5.41, 5.74) is 1.43. The van der Waals surface area contributed by atoms with Gasteiger partial charge in [-0.15, -0.1) is 11.3 Å². The van der Waals surface area contributed by atoms with Gasteiger partial charge in [0.25, 0.3) is 0 Å². The van der Waals surface area contributed by atoms with E-state index in [-0.39, 0.29) is 11.0 Å². The van der Waals surface area contributed by atoms with Crippen molar-refractivity contribution < 1.29 is 4.79 Å². The quantitative estimate of drug-likeness (QED) is 0.637. The number of carbonyl (C=O) groups excluding carboxylic acids is 1. The standard InChI is InChI=1S/C15H18N2OS2/c1-8-4-5-11-12(6-8)20-15-13(11)14(16-7-17-15)19-10(3)9(2)18/h7-8,10H,4-6H2,1-3H3. The predicted octanol–water partition coefficient (Wildman–Crippen LogP) is 3.89. The lowest BCUT2D eigenvalue weighted by molar-refractivity contribution is -0.116. The second-order valence-corrected chi connectivity index (χ2v) is 7.99. The van der Waals surface area contributed by atoms with Gasteiger partial charge in [0.15, 0.2) is 0 Å². The summed E-state index contributed by atoms with van der Waals surface area (Å²) in [6.45, 7) is 5.90. The fourth-order valence-electron chi connectivity index (χ4n) is 2.59. The van der Waals surface area contributed by atoms with Crippen molar-refractivity contribution in [1.82, 2.24) is 9.97 Å². The van der Waals surface area contributed by atoms with Crippen LogP contribution in [0.1, 0.15) is 37.6 Å². The first-order valence-corrected chi connectivity index (χ1v) is 8.68. The molecule has 0 radical (unpaired) electrons. The zero-order valence-corrected chi connectivity index (χ0v) is 13.6. The summed E-state index contributed by atoms with van der Waals surface area (Å²) < 4.78 is 0.